The van der Waals surface area contributed by atoms with Crippen molar-refractivity contribution >= 4 is 29.7 Å². The molecule has 0 saturated heterocycles. The Hall–Kier alpha value is -2.71. The Morgan fingerprint density at radius 1 is 1.27 bits per heavy atom. The summed E-state index contributed by atoms with van der Waals surface area (Å²) in [5, 5.41) is 10.6. The van der Waals surface area contributed by atoms with Gasteiger partial charge in [-0.25, -0.2) is 4.98 Å². The van der Waals surface area contributed by atoms with Crippen LogP contribution in [0.5, 0.6) is 5.88 Å². The van der Waals surface area contributed by atoms with Gasteiger partial charge in [0.15, 0.2) is 10.6 Å². The van der Waals surface area contributed by atoms with Crippen molar-refractivity contribution < 1.29 is 9.53 Å². The molecule has 3 aromatic rings. The maximum atomic E-state index is 12.6. The molecule has 0 spiro atoms. The van der Waals surface area contributed by atoms with Crippen molar-refractivity contribution in [2.24, 2.45) is 0 Å². The largest absolute Gasteiger partial charge is 0.474 e. The molecule has 7 nitrogen and oxygen atoms in total. The predicted molar refractivity (Wildman–Crippen MR) is 117 cm³/mol. The van der Waals surface area contributed by atoms with E-state index in [1.165, 1.54) is 12.8 Å². The number of hydrogen-bond donors (Lipinski definition) is 2. The average molecular weight is 444 g/mol. The Bertz CT molecular complexity index is 1070. The van der Waals surface area contributed by atoms with Crippen molar-refractivity contribution in [3.8, 4) is 17.3 Å². The molecule has 1 aliphatic rings. The molecule has 1 fully saturated rings. The van der Waals surface area contributed by atoms with Crippen LogP contribution >= 0.6 is 23.8 Å². The molecule has 1 aromatic carbocycles. The van der Waals surface area contributed by atoms with Gasteiger partial charge in [0.1, 0.15) is 12.6 Å². The number of aromatic nitrogens is 4. The van der Waals surface area contributed by atoms with E-state index in [2.05, 4.69) is 20.5 Å². The van der Waals surface area contributed by atoms with E-state index in [0.717, 1.165) is 24.0 Å². The van der Waals surface area contributed by atoms with E-state index < -0.39 is 0 Å². The number of rotatable bonds is 7. The first-order chi connectivity index (χ1) is 14.6. The van der Waals surface area contributed by atoms with Gasteiger partial charge in [-0.05, 0) is 68.2 Å². The molecule has 0 aliphatic heterocycles. The summed E-state index contributed by atoms with van der Waals surface area (Å²) in [7, 11) is 0. The number of carbonyl (C=O) groups is 1. The number of aromatic amines is 1. The third-order valence-electron chi connectivity index (χ3n) is 5.07. The third-order valence-corrected chi connectivity index (χ3v) is 5.63. The number of hydrogen-bond acceptors (Lipinski definition) is 5. The van der Waals surface area contributed by atoms with Crippen LogP contribution in [0.15, 0.2) is 42.6 Å². The molecule has 2 N–H and O–H groups in total. The van der Waals surface area contributed by atoms with Crippen molar-refractivity contribution in [3.05, 3.63) is 58.0 Å². The highest BCUT2D eigenvalue weighted by molar-refractivity contribution is 7.71. The summed E-state index contributed by atoms with van der Waals surface area (Å²) in [5.74, 6) is 0.989. The van der Waals surface area contributed by atoms with Gasteiger partial charge in [-0.1, -0.05) is 17.7 Å². The second-order valence-corrected chi connectivity index (χ2v) is 8.04. The maximum absolute atomic E-state index is 12.6. The molecule has 156 valence electrons. The van der Waals surface area contributed by atoms with E-state index in [-0.39, 0.29) is 18.6 Å². The summed E-state index contributed by atoms with van der Waals surface area (Å²) in [6, 6.07) is 11.0. The third kappa shape index (κ3) is 4.88. The molecule has 1 aliphatic carbocycles. The summed E-state index contributed by atoms with van der Waals surface area (Å²) in [6.45, 7) is 0.378. The molecule has 0 bridgehead atoms. The zero-order chi connectivity index (χ0) is 20.9. The first-order valence-corrected chi connectivity index (χ1v) is 10.7. The molecular formula is C21H22ClN5O2S. The zero-order valence-corrected chi connectivity index (χ0v) is 17.9. The summed E-state index contributed by atoms with van der Waals surface area (Å²) in [5.41, 5.74) is 1.67. The minimum Gasteiger partial charge on any atom is -0.474 e. The number of pyridine rings is 1. The van der Waals surface area contributed by atoms with Crippen LogP contribution in [-0.2, 0) is 17.9 Å². The molecule has 0 unspecified atom stereocenters. The molecular weight excluding hydrogens is 422 g/mol. The Labute approximate surface area is 184 Å². The lowest BCUT2D eigenvalue weighted by molar-refractivity contribution is -0.121. The summed E-state index contributed by atoms with van der Waals surface area (Å²) < 4.78 is 8.08. The van der Waals surface area contributed by atoms with Crippen LogP contribution in [0.4, 0.5) is 0 Å². The van der Waals surface area contributed by atoms with E-state index in [0.29, 0.717) is 28.0 Å². The molecule has 2 heterocycles. The second-order valence-electron chi connectivity index (χ2n) is 7.21. The van der Waals surface area contributed by atoms with Gasteiger partial charge in [-0.15, -0.1) is 0 Å². The van der Waals surface area contributed by atoms with Crippen LogP contribution in [0.2, 0.25) is 5.02 Å². The van der Waals surface area contributed by atoms with Crippen molar-refractivity contribution in [1.29, 1.82) is 0 Å². The smallest absolute Gasteiger partial charge is 0.240 e. The first kappa shape index (κ1) is 20.6. The Balaban J connectivity index is 1.42. The van der Waals surface area contributed by atoms with Gasteiger partial charge in [0.2, 0.25) is 11.8 Å². The van der Waals surface area contributed by atoms with E-state index in [9.17, 15) is 4.79 Å². The highest BCUT2D eigenvalue weighted by Crippen LogP contribution is 2.25. The number of nitrogens with one attached hydrogen (secondary N) is 2. The number of halogens is 1. The fraction of sp³-hybridized carbons (Fsp3) is 0.333. The normalized spacial score (nSPS) is 14.0. The molecule has 1 amide bonds. The molecule has 2 aromatic heterocycles. The zero-order valence-electron chi connectivity index (χ0n) is 16.3. The molecule has 9 heteroatoms. The topological polar surface area (TPSA) is 84.8 Å². The van der Waals surface area contributed by atoms with Gasteiger partial charge < -0.3 is 10.1 Å². The molecule has 0 radical (unpaired) electrons. The van der Waals surface area contributed by atoms with Crippen LogP contribution < -0.4 is 10.1 Å². The number of nitrogens with zero attached hydrogens (tertiary/aromatic N) is 3. The van der Waals surface area contributed by atoms with Gasteiger partial charge in [-0.3, -0.25) is 14.5 Å². The van der Waals surface area contributed by atoms with Crippen LogP contribution in [0, 0.1) is 4.77 Å². The molecule has 30 heavy (non-hydrogen) atoms. The van der Waals surface area contributed by atoms with Crippen molar-refractivity contribution in [3.63, 3.8) is 0 Å². The first-order valence-electron chi connectivity index (χ1n) is 9.88. The SMILES string of the molecule is O=C(Cn1c(-c2ccc(Cl)cc2)n[nH]c1=S)NCc1cccnc1OC1CCCC1. The quantitative estimate of drug-likeness (QED) is 0.532. The van der Waals surface area contributed by atoms with Crippen LogP contribution in [0.1, 0.15) is 31.2 Å². The minimum absolute atomic E-state index is 0.0480. The number of benzene rings is 1. The minimum atomic E-state index is -0.182. The number of amides is 1. The number of H-pyrrole nitrogens is 1. The number of ether oxygens (including phenoxy) is 1. The van der Waals surface area contributed by atoms with Gasteiger partial charge >= 0.3 is 0 Å². The average Bonchev–Trinajstić information content (AvgIpc) is 3.38. The van der Waals surface area contributed by atoms with E-state index in [1.807, 2.05) is 24.3 Å². The number of carbonyl (C=O) groups excluding carboxylic acids is 1. The van der Waals surface area contributed by atoms with Crippen molar-refractivity contribution in [2.45, 2.75) is 44.9 Å². The van der Waals surface area contributed by atoms with Crippen LogP contribution in [0.25, 0.3) is 11.4 Å². The lowest BCUT2D eigenvalue weighted by Gasteiger charge is -2.15. The molecule has 4 rings (SSSR count). The van der Waals surface area contributed by atoms with E-state index in [1.54, 1.807) is 22.9 Å². The lowest BCUT2D eigenvalue weighted by Crippen LogP contribution is -2.28. The summed E-state index contributed by atoms with van der Waals surface area (Å²) >= 11 is 11.3. The van der Waals surface area contributed by atoms with Gasteiger partial charge in [0, 0.05) is 28.9 Å². The van der Waals surface area contributed by atoms with Gasteiger partial charge in [0.05, 0.1) is 0 Å². The Kier molecular flexibility index (Phi) is 6.44. The van der Waals surface area contributed by atoms with E-state index >= 15 is 0 Å². The van der Waals surface area contributed by atoms with Gasteiger partial charge in [-0.2, -0.15) is 5.10 Å². The lowest BCUT2D eigenvalue weighted by atomic mass is 10.2. The fourth-order valence-electron chi connectivity index (χ4n) is 3.51. The van der Waals surface area contributed by atoms with Crippen LogP contribution in [-0.4, -0.2) is 31.8 Å². The van der Waals surface area contributed by atoms with E-state index in [4.69, 9.17) is 28.6 Å². The summed E-state index contributed by atoms with van der Waals surface area (Å²) in [6.07, 6.45) is 6.39. The predicted octanol–water partition coefficient (Wildman–Crippen LogP) is 4.29. The van der Waals surface area contributed by atoms with Crippen molar-refractivity contribution in [2.75, 3.05) is 0 Å². The summed E-state index contributed by atoms with van der Waals surface area (Å²) in [4.78, 5) is 17.0. The standard InChI is InChI=1S/C21H22ClN5O2S/c22-16-9-7-14(8-10-16)19-25-26-21(30)27(19)13-18(28)24-12-15-4-3-11-23-20(15)29-17-5-1-2-6-17/h3-4,7-11,17H,1-2,5-6,12-13H2,(H,24,28)(H,26,30). The Morgan fingerprint density at radius 2 is 2.03 bits per heavy atom. The van der Waals surface area contributed by atoms with Gasteiger partial charge in [0.25, 0.3) is 0 Å². The highest BCUT2D eigenvalue weighted by Gasteiger charge is 2.19. The second kappa shape index (κ2) is 9.40. The monoisotopic (exact) mass is 443 g/mol. The molecule has 0 atom stereocenters. The van der Waals surface area contributed by atoms with Crippen LogP contribution in [0.3, 0.4) is 0 Å². The fourth-order valence-corrected chi connectivity index (χ4v) is 3.83. The highest BCUT2D eigenvalue weighted by atomic mass is 35.5. The van der Waals surface area contributed by atoms with Crippen molar-refractivity contribution in [1.82, 2.24) is 25.1 Å². The maximum Gasteiger partial charge on any atom is 0.240 e. The molecule has 1 saturated carbocycles. The Morgan fingerprint density at radius 3 is 2.80 bits per heavy atom.